The van der Waals surface area contributed by atoms with Crippen LogP contribution in [0, 0.1) is 5.92 Å². The molecular weight excluding hydrogens is 405 g/mol. The zero-order valence-electron chi connectivity index (χ0n) is 14.5. The van der Waals surface area contributed by atoms with Crippen molar-refractivity contribution in [3.05, 3.63) is 0 Å². The number of morpholine rings is 1. The first-order valence-electron chi connectivity index (χ1n) is 8.76. The third-order valence-electron chi connectivity index (χ3n) is 4.72. The van der Waals surface area contributed by atoms with Crippen molar-refractivity contribution in [2.24, 2.45) is 16.6 Å². The molecule has 23 heavy (non-hydrogen) atoms. The molecule has 0 spiro atoms. The summed E-state index contributed by atoms with van der Waals surface area (Å²) < 4.78 is 5.34. The van der Waals surface area contributed by atoms with Gasteiger partial charge in [-0.05, 0) is 51.7 Å². The number of nitrogens with zero attached hydrogens (tertiary/aromatic N) is 3. The molecule has 0 saturated carbocycles. The molecule has 2 heterocycles. The highest BCUT2D eigenvalue weighted by molar-refractivity contribution is 14.0. The summed E-state index contributed by atoms with van der Waals surface area (Å²) in [7, 11) is 2.20. The van der Waals surface area contributed by atoms with E-state index in [4.69, 9.17) is 10.5 Å². The van der Waals surface area contributed by atoms with Gasteiger partial charge in [0.2, 0.25) is 0 Å². The van der Waals surface area contributed by atoms with Gasteiger partial charge in [-0.1, -0.05) is 0 Å². The fraction of sp³-hybridized carbons (Fsp3) is 0.938. The zero-order chi connectivity index (χ0) is 15.6. The summed E-state index contributed by atoms with van der Waals surface area (Å²) >= 11 is 0. The molecule has 7 heteroatoms. The van der Waals surface area contributed by atoms with E-state index in [1.165, 1.54) is 32.4 Å². The van der Waals surface area contributed by atoms with Crippen LogP contribution in [0.1, 0.15) is 25.7 Å². The van der Waals surface area contributed by atoms with E-state index in [-0.39, 0.29) is 24.0 Å². The molecule has 0 atom stereocenters. The molecule has 6 nitrogen and oxygen atoms in total. The molecule has 0 amide bonds. The van der Waals surface area contributed by atoms with Crippen molar-refractivity contribution in [2.75, 3.05) is 66.1 Å². The molecule has 0 aromatic carbocycles. The highest BCUT2D eigenvalue weighted by Crippen LogP contribution is 2.18. The second-order valence-corrected chi connectivity index (χ2v) is 6.54. The van der Waals surface area contributed by atoms with Crippen molar-refractivity contribution >= 4 is 29.9 Å². The van der Waals surface area contributed by atoms with Crippen molar-refractivity contribution in [1.82, 2.24) is 15.1 Å². The molecule has 2 aliphatic rings. The Morgan fingerprint density at radius 3 is 2.61 bits per heavy atom. The Hall–Kier alpha value is -0.120. The monoisotopic (exact) mass is 439 g/mol. The number of nitrogens with two attached hydrogens (primary N) is 1. The molecule has 0 bridgehead atoms. The van der Waals surface area contributed by atoms with Crippen LogP contribution in [0.15, 0.2) is 4.99 Å². The predicted octanol–water partition coefficient (Wildman–Crippen LogP) is 0.963. The van der Waals surface area contributed by atoms with Crippen molar-refractivity contribution in [3.63, 3.8) is 0 Å². The molecule has 0 aromatic heterocycles. The molecule has 136 valence electrons. The van der Waals surface area contributed by atoms with Crippen LogP contribution in [0.5, 0.6) is 0 Å². The molecular formula is C16H34IN5O. The van der Waals surface area contributed by atoms with Crippen LogP contribution in [0.3, 0.4) is 0 Å². The minimum Gasteiger partial charge on any atom is -0.379 e. The molecule has 2 saturated heterocycles. The predicted molar refractivity (Wildman–Crippen MR) is 107 cm³/mol. The third kappa shape index (κ3) is 9.07. The number of halogens is 1. The fourth-order valence-corrected chi connectivity index (χ4v) is 3.13. The van der Waals surface area contributed by atoms with Gasteiger partial charge in [0.1, 0.15) is 0 Å². The quantitative estimate of drug-likeness (QED) is 0.268. The first kappa shape index (κ1) is 20.9. The van der Waals surface area contributed by atoms with E-state index < -0.39 is 0 Å². The van der Waals surface area contributed by atoms with E-state index >= 15 is 0 Å². The Morgan fingerprint density at radius 1 is 1.22 bits per heavy atom. The Balaban J connectivity index is 0.00000264. The number of aliphatic imine (C=N–C) groups is 1. The lowest BCUT2D eigenvalue weighted by atomic mass is 9.94. The summed E-state index contributed by atoms with van der Waals surface area (Å²) in [5, 5.41) is 3.26. The molecule has 0 aromatic rings. The summed E-state index contributed by atoms with van der Waals surface area (Å²) in [6.45, 7) is 9.15. The van der Waals surface area contributed by atoms with Gasteiger partial charge in [0.15, 0.2) is 5.96 Å². The summed E-state index contributed by atoms with van der Waals surface area (Å²) in [5.41, 5.74) is 5.93. The Labute approximate surface area is 158 Å². The first-order valence-corrected chi connectivity index (χ1v) is 8.76. The average Bonchev–Trinajstić information content (AvgIpc) is 2.54. The summed E-state index contributed by atoms with van der Waals surface area (Å²) in [6, 6.07) is 0. The van der Waals surface area contributed by atoms with Crippen LogP contribution < -0.4 is 11.1 Å². The van der Waals surface area contributed by atoms with Gasteiger partial charge in [-0.25, -0.2) is 0 Å². The molecule has 2 fully saturated rings. The minimum absolute atomic E-state index is 0. The summed E-state index contributed by atoms with van der Waals surface area (Å²) in [5.74, 6) is 1.45. The standard InChI is InChI=1S/C16H33N5O.HI/c1-20-9-4-15(5-10-20)3-7-19-16(17)18-6-2-8-21-11-13-22-14-12-21;/h15H,2-14H2,1H3,(H3,17,18,19);1H. The van der Waals surface area contributed by atoms with Crippen LogP contribution in [0.25, 0.3) is 0 Å². The van der Waals surface area contributed by atoms with Crippen LogP contribution in [0.4, 0.5) is 0 Å². The molecule has 2 rings (SSSR count). The molecule has 0 radical (unpaired) electrons. The lowest BCUT2D eigenvalue weighted by molar-refractivity contribution is 0.0377. The smallest absolute Gasteiger partial charge is 0.188 e. The first-order chi connectivity index (χ1) is 10.7. The summed E-state index contributed by atoms with van der Waals surface area (Å²) in [4.78, 5) is 9.26. The van der Waals surface area contributed by atoms with E-state index in [1.54, 1.807) is 0 Å². The van der Waals surface area contributed by atoms with E-state index in [1.807, 2.05) is 0 Å². The highest BCUT2D eigenvalue weighted by atomic mass is 127. The lowest BCUT2D eigenvalue weighted by Crippen LogP contribution is -2.37. The van der Waals surface area contributed by atoms with Crippen LogP contribution in [-0.2, 0) is 4.74 Å². The maximum atomic E-state index is 5.93. The van der Waals surface area contributed by atoms with Crippen LogP contribution in [-0.4, -0.2) is 81.8 Å². The zero-order valence-corrected chi connectivity index (χ0v) is 16.8. The van der Waals surface area contributed by atoms with Gasteiger partial charge in [-0.15, -0.1) is 24.0 Å². The van der Waals surface area contributed by atoms with E-state index in [2.05, 4.69) is 27.2 Å². The number of rotatable bonds is 7. The van der Waals surface area contributed by atoms with Crippen molar-refractivity contribution in [2.45, 2.75) is 25.7 Å². The minimum atomic E-state index is 0. The van der Waals surface area contributed by atoms with Crippen LogP contribution in [0.2, 0.25) is 0 Å². The second-order valence-electron chi connectivity index (χ2n) is 6.54. The fourth-order valence-electron chi connectivity index (χ4n) is 3.13. The SMILES string of the molecule is CN1CCC(CCNC(N)=NCCCN2CCOCC2)CC1.I. The molecule has 2 aliphatic heterocycles. The largest absolute Gasteiger partial charge is 0.379 e. The van der Waals surface area contributed by atoms with Gasteiger partial charge in [-0.3, -0.25) is 9.89 Å². The Morgan fingerprint density at radius 2 is 1.91 bits per heavy atom. The number of hydrogen-bond acceptors (Lipinski definition) is 4. The Bertz CT molecular complexity index is 328. The van der Waals surface area contributed by atoms with E-state index in [9.17, 15) is 0 Å². The molecule has 0 unspecified atom stereocenters. The van der Waals surface area contributed by atoms with Gasteiger partial charge in [0.25, 0.3) is 0 Å². The summed E-state index contributed by atoms with van der Waals surface area (Å²) in [6.07, 6.45) is 4.90. The highest BCUT2D eigenvalue weighted by Gasteiger charge is 2.15. The average molecular weight is 439 g/mol. The Kier molecular flexibility index (Phi) is 11.2. The number of ether oxygens (including phenoxy) is 1. The lowest BCUT2D eigenvalue weighted by Gasteiger charge is -2.28. The van der Waals surface area contributed by atoms with Crippen molar-refractivity contribution in [1.29, 1.82) is 0 Å². The number of guanidine groups is 1. The number of likely N-dealkylation sites (tertiary alicyclic amines) is 1. The molecule has 0 aliphatic carbocycles. The van der Waals surface area contributed by atoms with Gasteiger partial charge in [-0.2, -0.15) is 0 Å². The maximum Gasteiger partial charge on any atom is 0.188 e. The molecule has 3 N–H and O–H groups in total. The third-order valence-corrected chi connectivity index (χ3v) is 4.72. The van der Waals surface area contributed by atoms with Gasteiger partial charge in [0, 0.05) is 32.7 Å². The van der Waals surface area contributed by atoms with Crippen molar-refractivity contribution < 1.29 is 4.74 Å². The maximum absolute atomic E-state index is 5.93. The van der Waals surface area contributed by atoms with Gasteiger partial charge < -0.3 is 20.7 Å². The van der Waals surface area contributed by atoms with Gasteiger partial charge in [0.05, 0.1) is 13.2 Å². The van der Waals surface area contributed by atoms with Gasteiger partial charge >= 0.3 is 0 Å². The second kappa shape index (κ2) is 12.3. The normalized spacial score (nSPS) is 21.9. The van der Waals surface area contributed by atoms with Crippen LogP contribution >= 0.6 is 24.0 Å². The van der Waals surface area contributed by atoms with E-state index in [0.717, 1.165) is 58.3 Å². The van der Waals surface area contributed by atoms with Crippen molar-refractivity contribution in [3.8, 4) is 0 Å². The van der Waals surface area contributed by atoms with E-state index in [0.29, 0.717) is 5.96 Å². The number of piperidine rings is 1. The topological polar surface area (TPSA) is 66.1 Å². The number of nitrogens with one attached hydrogen (secondary N) is 1. The number of hydrogen-bond donors (Lipinski definition) is 2.